The smallest absolute Gasteiger partial charge is 0.274 e. The van der Waals surface area contributed by atoms with Gasteiger partial charge in [0.2, 0.25) is 0 Å². The second kappa shape index (κ2) is 5.46. The van der Waals surface area contributed by atoms with E-state index in [2.05, 4.69) is 5.48 Å². The number of thiophene rings is 1. The fourth-order valence-corrected chi connectivity index (χ4v) is 3.11. The normalized spacial score (nSPS) is 15.3. The Morgan fingerprint density at radius 2 is 2.25 bits per heavy atom. The molecule has 0 aliphatic heterocycles. The molecule has 88 valence electrons. The summed E-state index contributed by atoms with van der Waals surface area (Å²) in [6.07, 6.45) is 6.05. The van der Waals surface area contributed by atoms with E-state index in [-0.39, 0.29) is 5.91 Å². The summed E-state index contributed by atoms with van der Waals surface area (Å²) in [6, 6.07) is 2.03. The molecule has 1 aliphatic rings. The number of carbonyl (C=O) groups is 1. The number of nitrogens with one attached hydrogen (secondary N) is 1. The maximum Gasteiger partial charge on any atom is 0.284 e. The van der Waals surface area contributed by atoms with Gasteiger partial charge in [0.05, 0.1) is 11.5 Å². The molecule has 0 aromatic carbocycles. The first kappa shape index (κ1) is 11.6. The molecule has 0 unspecified atom stereocenters. The molecule has 1 aliphatic carbocycles. The highest BCUT2D eigenvalue weighted by molar-refractivity contribution is 7.14. The molecule has 1 aromatic rings. The fourth-order valence-electron chi connectivity index (χ4n) is 1.97. The van der Waals surface area contributed by atoms with Crippen molar-refractivity contribution in [3.05, 3.63) is 21.4 Å². The molecule has 0 spiro atoms. The highest BCUT2D eigenvalue weighted by Crippen LogP contribution is 2.28. The van der Waals surface area contributed by atoms with Gasteiger partial charge in [-0.3, -0.25) is 9.63 Å². The third-order valence-electron chi connectivity index (χ3n) is 2.78. The zero-order chi connectivity index (χ0) is 11.4. The number of aryl methyl sites for hydroxylation is 2. The van der Waals surface area contributed by atoms with E-state index in [1.807, 2.05) is 13.0 Å². The summed E-state index contributed by atoms with van der Waals surface area (Å²) < 4.78 is 0. The summed E-state index contributed by atoms with van der Waals surface area (Å²) in [7, 11) is 0. The largest absolute Gasteiger partial charge is 0.284 e. The molecule has 2 rings (SSSR count). The Bertz CT molecular complexity index is 350. The summed E-state index contributed by atoms with van der Waals surface area (Å²) in [6.45, 7) is 2.35. The lowest BCUT2D eigenvalue weighted by atomic mass is 10.1. The van der Waals surface area contributed by atoms with E-state index < -0.39 is 0 Å². The van der Waals surface area contributed by atoms with Crippen LogP contribution >= 0.6 is 11.3 Å². The molecular weight excluding hydrogens is 222 g/mol. The third kappa shape index (κ3) is 2.62. The molecule has 0 saturated carbocycles. The second-order valence-corrected chi connectivity index (χ2v) is 5.12. The molecule has 1 heterocycles. The van der Waals surface area contributed by atoms with Crippen LogP contribution in [0.3, 0.4) is 0 Å². The minimum absolute atomic E-state index is 0.111. The molecule has 0 saturated heterocycles. The summed E-state index contributed by atoms with van der Waals surface area (Å²) in [5.74, 6) is -0.111. The van der Waals surface area contributed by atoms with Gasteiger partial charge in [-0.05, 0) is 44.2 Å². The summed E-state index contributed by atoms with van der Waals surface area (Å²) in [4.78, 5) is 18.8. The van der Waals surface area contributed by atoms with Crippen molar-refractivity contribution in [3.63, 3.8) is 0 Å². The van der Waals surface area contributed by atoms with Crippen molar-refractivity contribution in [1.82, 2.24) is 5.48 Å². The molecule has 0 fully saturated rings. The van der Waals surface area contributed by atoms with Crippen molar-refractivity contribution < 1.29 is 9.63 Å². The van der Waals surface area contributed by atoms with Crippen LogP contribution in [0.1, 0.15) is 46.3 Å². The number of hydrogen-bond acceptors (Lipinski definition) is 3. The van der Waals surface area contributed by atoms with Crippen molar-refractivity contribution in [2.75, 3.05) is 6.61 Å². The monoisotopic (exact) mass is 239 g/mol. The standard InChI is InChI=1S/C12H17NO2S/c1-2-15-13-12(14)11-8-9-6-4-3-5-7-10(9)16-11/h8H,2-7H2,1H3,(H,13,14). The lowest BCUT2D eigenvalue weighted by molar-refractivity contribution is 0.0368. The van der Waals surface area contributed by atoms with Gasteiger partial charge in [0, 0.05) is 4.88 Å². The Hall–Kier alpha value is -0.870. The SMILES string of the molecule is CCONC(=O)c1cc2c(s1)CCCCC2. The van der Waals surface area contributed by atoms with Gasteiger partial charge < -0.3 is 0 Å². The molecule has 0 radical (unpaired) electrons. The van der Waals surface area contributed by atoms with Gasteiger partial charge in [0.1, 0.15) is 0 Å². The van der Waals surface area contributed by atoms with Crippen LogP contribution in [0.25, 0.3) is 0 Å². The van der Waals surface area contributed by atoms with E-state index >= 15 is 0 Å². The first-order chi connectivity index (χ1) is 7.81. The zero-order valence-corrected chi connectivity index (χ0v) is 10.4. The van der Waals surface area contributed by atoms with Gasteiger partial charge in [0.15, 0.2) is 0 Å². The van der Waals surface area contributed by atoms with Crippen LogP contribution in [0.2, 0.25) is 0 Å². The molecule has 1 amide bonds. The van der Waals surface area contributed by atoms with Gasteiger partial charge in [-0.2, -0.15) is 0 Å². The van der Waals surface area contributed by atoms with Gasteiger partial charge >= 0.3 is 0 Å². The van der Waals surface area contributed by atoms with Crippen LogP contribution in [-0.4, -0.2) is 12.5 Å². The predicted molar refractivity (Wildman–Crippen MR) is 64.7 cm³/mol. The van der Waals surface area contributed by atoms with Crippen LogP contribution in [0.15, 0.2) is 6.07 Å². The second-order valence-electron chi connectivity index (χ2n) is 3.98. The maximum atomic E-state index is 11.7. The van der Waals surface area contributed by atoms with E-state index in [0.29, 0.717) is 6.61 Å². The molecule has 4 heteroatoms. The Balaban J connectivity index is 2.08. The fraction of sp³-hybridized carbons (Fsp3) is 0.583. The molecule has 3 nitrogen and oxygen atoms in total. The van der Waals surface area contributed by atoms with Crippen molar-refractivity contribution >= 4 is 17.2 Å². The first-order valence-corrected chi connectivity index (χ1v) is 6.66. The van der Waals surface area contributed by atoms with E-state index in [9.17, 15) is 4.79 Å². The van der Waals surface area contributed by atoms with Crippen molar-refractivity contribution in [2.24, 2.45) is 0 Å². The van der Waals surface area contributed by atoms with Gasteiger partial charge in [0.25, 0.3) is 5.91 Å². The minimum Gasteiger partial charge on any atom is -0.274 e. The molecule has 0 bridgehead atoms. The van der Waals surface area contributed by atoms with Crippen molar-refractivity contribution in [3.8, 4) is 0 Å². The zero-order valence-electron chi connectivity index (χ0n) is 9.54. The number of rotatable bonds is 3. The Morgan fingerprint density at radius 3 is 3.06 bits per heavy atom. The third-order valence-corrected chi connectivity index (χ3v) is 4.02. The van der Waals surface area contributed by atoms with Crippen molar-refractivity contribution in [1.29, 1.82) is 0 Å². The van der Waals surface area contributed by atoms with E-state index in [1.54, 1.807) is 11.3 Å². The summed E-state index contributed by atoms with van der Waals surface area (Å²) >= 11 is 1.62. The van der Waals surface area contributed by atoms with E-state index in [1.165, 1.54) is 29.7 Å². The number of carbonyl (C=O) groups excluding carboxylic acids is 1. The van der Waals surface area contributed by atoms with Crippen LogP contribution < -0.4 is 5.48 Å². The average Bonchev–Trinajstić information content (AvgIpc) is 2.58. The van der Waals surface area contributed by atoms with Crippen LogP contribution in [-0.2, 0) is 17.7 Å². The van der Waals surface area contributed by atoms with Crippen molar-refractivity contribution in [2.45, 2.75) is 39.0 Å². The quantitative estimate of drug-likeness (QED) is 0.650. The van der Waals surface area contributed by atoms with Gasteiger partial charge in [-0.15, -0.1) is 11.3 Å². The number of amides is 1. The molecule has 0 atom stereocenters. The maximum absolute atomic E-state index is 11.7. The lowest BCUT2D eigenvalue weighted by Gasteiger charge is -2.00. The highest BCUT2D eigenvalue weighted by Gasteiger charge is 2.16. The number of hydrogen-bond donors (Lipinski definition) is 1. The number of fused-ring (bicyclic) bond motifs is 1. The molecule has 1 N–H and O–H groups in total. The lowest BCUT2D eigenvalue weighted by Crippen LogP contribution is -2.22. The van der Waals surface area contributed by atoms with Gasteiger partial charge in [-0.1, -0.05) is 6.42 Å². The Morgan fingerprint density at radius 1 is 1.44 bits per heavy atom. The Kier molecular flexibility index (Phi) is 3.96. The Labute approximate surface area is 99.8 Å². The van der Waals surface area contributed by atoms with E-state index in [0.717, 1.165) is 17.7 Å². The summed E-state index contributed by atoms with van der Waals surface area (Å²) in [5.41, 5.74) is 3.81. The minimum atomic E-state index is -0.111. The van der Waals surface area contributed by atoms with E-state index in [4.69, 9.17) is 4.84 Å². The predicted octanol–water partition coefficient (Wildman–Crippen LogP) is 2.70. The van der Waals surface area contributed by atoms with Gasteiger partial charge in [-0.25, -0.2) is 5.48 Å². The summed E-state index contributed by atoms with van der Waals surface area (Å²) in [5, 5.41) is 0. The van der Waals surface area contributed by atoms with Crippen LogP contribution in [0.5, 0.6) is 0 Å². The number of hydroxylamine groups is 1. The molecule has 16 heavy (non-hydrogen) atoms. The topological polar surface area (TPSA) is 38.3 Å². The average molecular weight is 239 g/mol. The highest BCUT2D eigenvalue weighted by atomic mass is 32.1. The molecule has 1 aromatic heterocycles. The van der Waals surface area contributed by atoms with Crippen LogP contribution in [0.4, 0.5) is 0 Å². The first-order valence-electron chi connectivity index (χ1n) is 5.85. The molecular formula is C12H17NO2S. The van der Waals surface area contributed by atoms with Crippen LogP contribution in [0, 0.1) is 0 Å².